The number of hydrogen-bond donors (Lipinski definition) is 2. The molecule has 128 valence electrons. The van der Waals surface area contributed by atoms with Crippen LogP contribution < -0.4 is 15.5 Å². The Hall–Kier alpha value is -3.48. The quantitative estimate of drug-likeness (QED) is 0.453. The summed E-state index contributed by atoms with van der Waals surface area (Å²) >= 11 is 0. The number of nitrogens with one attached hydrogen (secondary N) is 2. The zero-order valence-electron chi connectivity index (χ0n) is 13.7. The molecule has 0 saturated carbocycles. The van der Waals surface area contributed by atoms with Crippen LogP contribution >= 0.6 is 0 Å². The van der Waals surface area contributed by atoms with Crippen molar-refractivity contribution in [1.82, 2.24) is 15.7 Å². The van der Waals surface area contributed by atoms with Crippen molar-refractivity contribution < 1.29 is 14.3 Å². The van der Waals surface area contributed by atoms with E-state index in [9.17, 15) is 9.59 Å². The van der Waals surface area contributed by atoms with Crippen LogP contribution in [0.2, 0.25) is 0 Å². The molecule has 0 fully saturated rings. The van der Waals surface area contributed by atoms with Crippen molar-refractivity contribution in [3.8, 4) is 5.75 Å². The number of carbonyl (C=O) groups is 2. The molecular formula is C18H18N4O3. The topological polar surface area (TPSA) is 92.7 Å². The van der Waals surface area contributed by atoms with Gasteiger partial charge in [0.25, 0.3) is 5.91 Å². The maximum Gasteiger partial charge on any atom is 0.259 e. The van der Waals surface area contributed by atoms with Gasteiger partial charge in [-0.2, -0.15) is 5.10 Å². The molecule has 0 aliphatic rings. The van der Waals surface area contributed by atoms with Crippen LogP contribution in [0.3, 0.4) is 0 Å². The summed E-state index contributed by atoms with van der Waals surface area (Å²) < 4.78 is 5.19. The lowest BCUT2D eigenvalue weighted by atomic mass is 10.2. The average molecular weight is 338 g/mol. The van der Waals surface area contributed by atoms with Gasteiger partial charge < -0.3 is 10.1 Å². The van der Waals surface area contributed by atoms with Crippen molar-refractivity contribution >= 4 is 24.1 Å². The van der Waals surface area contributed by atoms with Gasteiger partial charge in [0.05, 0.1) is 25.6 Å². The lowest BCUT2D eigenvalue weighted by molar-refractivity contribution is -0.123. The highest BCUT2D eigenvalue weighted by atomic mass is 16.5. The fourth-order valence-electron chi connectivity index (χ4n) is 1.86. The second-order valence-electron chi connectivity index (χ2n) is 4.84. The maximum absolute atomic E-state index is 11.7. The zero-order chi connectivity index (χ0) is 17.9. The number of rotatable bonds is 7. The van der Waals surface area contributed by atoms with Crippen molar-refractivity contribution in [1.29, 1.82) is 0 Å². The van der Waals surface area contributed by atoms with Crippen LogP contribution in [0.15, 0.2) is 59.8 Å². The van der Waals surface area contributed by atoms with Crippen molar-refractivity contribution in [3.63, 3.8) is 0 Å². The minimum Gasteiger partial charge on any atom is -0.496 e. The molecule has 1 aromatic carbocycles. The number of amides is 2. The fraction of sp³-hybridized carbons (Fsp3) is 0.111. The summed E-state index contributed by atoms with van der Waals surface area (Å²) in [7, 11) is 1.56. The van der Waals surface area contributed by atoms with Gasteiger partial charge in [0.1, 0.15) is 5.75 Å². The Morgan fingerprint density at radius 1 is 1.20 bits per heavy atom. The summed E-state index contributed by atoms with van der Waals surface area (Å²) in [5.41, 5.74) is 3.70. The van der Waals surface area contributed by atoms with Gasteiger partial charge >= 0.3 is 0 Å². The van der Waals surface area contributed by atoms with E-state index >= 15 is 0 Å². The molecule has 7 nitrogen and oxygen atoms in total. The molecule has 1 heterocycles. The van der Waals surface area contributed by atoms with Crippen LogP contribution in [0, 0.1) is 0 Å². The van der Waals surface area contributed by atoms with Crippen LogP contribution in [-0.4, -0.2) is 36.7 Å². The predicted molar refractivity (Wildman–Crippen MR) is 95.0 cm³/mol. The molecule has 1 aromatic heterocycles. The van der Waals surface area contributed by atoms with Gasteiger partial charge in [-0.1, -0.05) is 24.3 Å². The lowest BCUT2D eigenvalue weighted by Crippen LogP contribution is -2.34. The third-order valence-corrected chi connectivity index (χ3v) is 3.05. The van der Waals surface area contributed by atoms with Gasteiger partial charge in [-0.25, -0.2) is 5.43 Å². The van der Waals surface area contributed by atoms with Gasteiger partial charge in [-0.15, -0.1) is 0 Å². The third-order valence-electron chi connectivity index (χ3n) is 3.05. The summed E-state index contributed by atoms with van der Waals surface area (Å²) in [5.74, 6) is -0.172. The van der Waals surface area contributed by atoms with Crippen molar-refractivity contribution in [3.05, 3.63) is 66.0 Å². The summed E-state index contributed by atoms with van der Waals surface area (Å²) in [6.07, 6.45) is 5.99. The first-order valence-electron chi connectivity index (χ1n) is 7.51. The van der Waals surface area contributed by atoms with Gasteiger partial charge in [-0.05, 0) is 24.3 Å². The molecular weight excluding hydrogens is 320 g/mol. The normalized spacial score (nSPS) is 10.8. The smallest absolute Gasteiger partial charge is 0.259 e. The van der Waals surface area contributed by atoms with Crippen molar-refractivity contribution in [2.75, 3.05) is 13.7 Å². The number of carbonyl (C=O) groups excluding carboxylic acids is 2. The Morgan fingerprint density at radius 3 is 2.76 bits per heavy atom. The van der Waals surface area contributed by atoms with Crippen LogP contribution in [0.1, 0.15) is 11.3 Å². The number of hydrogen-bond acceptors (Lipinski definition) is 5. The van der Waals surface area contributed by atoms with E-state index < -0.39 is 11.8 Å². The average Bonchev–Trinajstić information content (AvgIpc) is 2.65. The second-order valence-corrected chi connectivity index (χ2v) is 4.84. The largest absolute Gasteiger partial charge is 0.496 e. The van der Waals surface area contributed by atoms with E-state index in [1.54, 1.807) is 37.6 Å². The molecule has 0 aliphatic heterocycles. The van der Waals surface area contributed by atoms with Gasteiger partial charge in [0.15, 0.2) is 0 Å². The predicted octanol–water partition coefficient (Wildman–Crippen LogP) is 1.37. The Morgan fingerprint density at radius 2 is 2.00 bits per heavy atom. The standard InChI is InChI=1S/C18H18N4O3/c1-25-16-8-3-2-6-14(16)9-10-17(23)20-13-18(24)22-21-12-15-7-4-5-11-19-15/h2-12H,13H2,1H3,(H,20,23)(H,22,24)/b10-9+,21-12-. The number of pyridine rings is 1. The number of ether oxygens (including phenoxy) is 1. The first-order chi connectivity index (χ1) is 12.2. The Balaban J connectivity index is 1.76. The van der Waals surface area contributed by atoms with Crippen LogP contribution in [0.25, 0.3) is 6.08 Å². The number of para-hydroxylation sites is 1. The molecule has 2 aromatic rings. The number of aromatic nitrogens is 1. The molecule has 0 unspecified atom stereocenters. The summed E-state index contributed by atoms with van der Waals surface area (Å²) in [5, 5.41) is 6.23. The van der Waals surface area contributed by atoms with E-state index in [0.29, 0.717) is 11.4 Å². The molecule has 0 aliphatic carbocycles. The Labute approximate surface area is 145 Å². The van der Waals surface area contributed by atoms with Crippen LogP contribution in [0.5, 0.6) is 5.75 Å². The number of nitrogens with zero attached hydrogens (tertiary/aromatic N) is 2. The van der Waals surface area contributed by atoms with Gasteiger partial charge in [-0.3, -0.25) is 14.6 Å². The minimum atomic E-state index is -0.439. The molecule has 2 N–H and O–H groups in total. The van der Waals surface area contributed by atoms with E-state index in [0.717, 1.165) is 5.56 Å². The Kier molecular flexibility index (Phi) is 6.87. The van der Waals surface area contributed by atoms with Gasteiger partial charge in [0, 0.05) is 17.8 Å². The lowest BCUT2D eigenvalue weighted by Gasteiger charge is -2.03. The molecule has 7 heteroatoms. The molecule has 0 spiro atoms. The van der Waals surface area contributed by atoms with Crippen LogP contribution in [-0.2, 0) is 9.59 Å². The monoisotopic (exact) mass is 338 g/mol. The van der Waals surface area contributed by atoms with E-state index in [1.807, 2.05) is 24.3 Å². The minimum absolute atomic E-state index is 0.186. The van der Waals surface area contributed by atoms with E-state index in [-0.39, 0.29) is 6.54 Å². The molecule has 0 radical (unpaired) electrons. The van der Waals surface area contributed by atoms with Crippen molar-refractivity contribution in [2.24, 2.45) is 5.10 Å². The summed E-state index contributed by atoms with van der Waals surface area (Å²) in [6.45, 7) is -0.186. The number of hydrazone groups is 1. The fourth-order valence-corrected chi connectivity index (χ4v) is 1.86. The van der Waals surface area contributed by atoms with Crippen LogP contribution in [0.4, 0.5) is 0 Å². The molecule has 2 amide bonds. The molecule has 25 heavy (non-hydrogen) atoms. The van der Waals surface area contributed by atoms with Crippen molar-refractivity contribution in [2.45, 2.75) is 0 Å². The molecule has 2 rings (SSSR count). The first kappa shape index (κ1) is 17.9. The van der Waals surface area contributed by atoms with E-state index in [1.165, 1.54) is 12.3 Å². The maximum atomic E-state index is 11.7. The molecule has 0 bridgehead atoms. The first-order valence-corrected chi connectivity index (χ1v) is 7.51. The zero-order valence-corrected chi connectivity index (χ0v) is 13.7. The highest BCUT2D eigenvalue weighted by Gasteiger charge is 2.03. The summed E-state index contributed by atoms with van der Waals surface area (Å²) in [4.78, 5) is 27.4. The SMILES string of the molecule is COc1ccccc1/C=C/C(=O)NCC(=O)N/N=C\c1ccccn1. The summed E-state index contributed by atoms with van der Waals surface area (Å²) in [6, 6.07) is 12.6. The van der Waals surface area contributed by atoms with Gasteiger partial charge in [0.2, 0.25) is 5.91 Å². The molecule has 0 saturated heterocycles. The van der Waals surface area contributed by atoms with E-state index in [2.05, 4.69) is 20.8 Å². The second kappa shape index (κ2) is 9.61. The number of benzene rings is 1. The highest BCUT2D eigenvalue weighted by Crippen LogP contribution is 2.18. The highest BCUT2D eigenvalue weighted by molar-refractivity contribution is 5.94. The van der Waals surface area contributed by atoms with E-state index in [4.69, 9.17) is 4.74 Å². The Bertz CT molecular complexity index is 773. The number of methoxy groups -OCH3 is 1. The third kappa shape index (κ3) is 6.26. The molecule has 0 atom stereocenters.